The number of nitrogens with zero attached hydrogens (tertiary/aromatic N) is 1. The van der Waals surface area contributed by atoms with Crippen molar-refractivity contribution in [3.8, 4) is 0 Å². The van der Waals surface area contributed by atoms with Gasteiger partial charge in [-0.25, -0.2) is 4.79 Å². The van der Waals surface area contributed by atoms with Crippen LogP contribution in [0.3, 0.4) is 0 Å². The molecule has 0 spiro atoms. The Morgan fingerprint density at radius 2 is 1.47 bits per heavy atom. The van der Waals surface area contributed by atoms with Gasteiger partial charge in [-0.2, -0.15) is 0 Å². The third-order valence-electron chi connectivity index (χ3n) is 6.31. The van der Waals surface area contributed by atoms with Gasteiger partial charge in [-0.15, -0.1) is 0 Å². The summed E-state index contributed by atoms with van der Waals surface area (Å²) < 4.78 is 0. The summed E-state index contributed by atoms with van der Waals surface area (Å²) >= 11 is 0. The number of carboxylic acid groups (broad SMARTS) is 3. The Morgan fingerprint density at radius 1 is 0.837 bits per heavy atom. The fourth-order valence-corrected chi connectivity index (χ4v) is 4.11. The Bertz CT molecular complexity index is 1360. The van der Waals surface area contributed by atoms with Crippen LogP contribution >= 0.6 is 0 Å². The number of amides is 3. The molecule has 2 aromatic rings. The van der Waals surface area contributed by atoms with Crippen molar-refractivity contribution < 1.29 is 44.1 Å². The maximum absolute atomic E-state index is 13.4. The Morgan fingerprint density at radius 3 is 2.09 bits per heavy atom. The van der Waals surface area contributed by atoms with Crippen molar-refractivity contribution >= 4 is 52.5 Å². The van der Waals surface area contributed by atoms with E-state index >= 15 is 0 Å². The third-order valence-corrected chi connectivity index (χ3v) is 6.31. The number of hydrogen-bond acceptors (Lipinski definition) is 8. The minimum atomic E-state index is -1.72. The second-order valence-corrected chi connectivity index (χ2v) is 9.67. The molecule has 2 rings (SSSR count). The highest BCUT2D eigenvalue weighted by molar-refractivity contribution is 5.96. The number of nitrogens with two attached hydrogens (primary N) is 3. The summed E-state index contributed by atoms with van der Waals surface area (Å²) in [7, 11) is 0. The molecule has 0 aliphatic carbocycles. The van der Waals surface area contributed by atoms with Crippen LogP contribution in [0.5, 0.6) is 0 Å². The number of hydrogen-bond donors (Lipinski definition) is 10. The van der Waals surface area contributed by atoms with Crippen LogP contribution in [-0.4, -0.2) is 92.6 Å². The molecule has 1 aromatic heterocycles. The van der Waals surface area contributed by atoms with E-state index in [9.17, 15) is 39.0 Å². The summed E-state index contributed by atoms with van der Waals surface area (Å²) in [4.78, 5) is 80.1. The Kier molecular flexibility index (Phi) is 12.9. The summed E-state index contributed by atoms with van der Waals surface area (Å²) in [5.41, 5.74) is 17.6. The summed E-state index contributed by atoms with van der Waals surface area (Å²) in [6, 6.07) is 1.31. The first-order valence-electron chi connectivity index (χ1n) is 13.2. The molecule has 43 heavy (non-hydrogen) atoms. The number of aliphatic carboxylic acids is 3. The van der Waals surface area contributed by atoms with Crippen LogP contribution in [0.4, 0.5) is 0 Å². The maximum atomic E-state index is 13.4. The van der Waals surface area contributed by atoms with Crippen molar-refractivity contribution in [2.24, 2.45) is 22.2 Å². The largest absolute Gasteiger partial charge is 0.481 e. The standard InChI is InChI=1S/C26H36N8O9/c27-15(7-8-20(35)36)22(39)33-18(10-13-12-31-16-5-2-1-4-14(13)16)23(40)34-19(11-21(37)38)24(41)32-17(25(42)43)6-3-9-30-26(28)29/h1-2,4-5,12,15,17-19,31H,3,6-11,27H2,(H,32,41)(H,33,39)(H,34,40)(H,35,36)(H,37,38)(H,42,43)(H4,28,29,30). The molecule has 4 unspecified atom stereocenters. The lowest BCUT2D eigenvalue weighted by atomic mass is 10.0. The van der Waals surface area contributed by atoms with Crippen molar-refractivity contribution in [2.45, 2.75) is 62.7 Å². The van der Waals surface area contributed by atoms with Gasteiger partial charge in [-0.1, -0.05) is 18.2 Å². The van der Waals surface area contributed by atoms with Gasteiger partial charge < -0.3 is 53.5 Å². The van der Waals surface area contributed by atoms with Crippen LogP contribution in [0.25, 0.3) is 10.9 Å². The van der Waals surface area contributed by atoms with Crippen LogP contribution in [0.2, 0.25) is 0 Å². The molecule has 234 valence electrons. The molecule has 13 N–H and O–H groups in total. The number of nitrogens with one attached hydrogen (secondary N) is 4. The number of para-hydroxylation sites is 1. The van der Waals surface area contributed by atoms with Gasteiger partial charge in [0.05, 0.1) is 12.5 Å². The highest BCUT2D eigenvalue weighted by atomic mass is 16.4. The fraction of sp³-hybridized carbons (Fsp3) is 0.423. The second kappa shape index (κ2) is 16.3. The Labute approximate surface area is 245 Å². The molecular weight excluding hydrogens is 568 g/mol. The molecule has 4 atom stereocenters. The molecule has 0 radical (unpaired) electrons. The molecule has 0 saturated carbocycles. The van der Waals surface area contributed by atoms with E-state index in [2.05, 4.69) is 25.9 Å². The average molecular weight is 605 g/mol. The Balaban J connectivity index is 2.26. The molecule has 1 heterocycles. The first kappa shape index (κ1) is 34.0. The van der Waals surface area contributed by atoms with Gasteiger partial charge in [0.2, 0.25) is 17.7 Å². The number of benzene rings is 1. The second-order valence-electron chi connectivity index (χ2n) is 9.67. The minimum absolute atomic E-state index is 0.0844. The topological polar surface area (TPSA) is 305 Å². The van der Waals surface area contributed by atoms with Gasteiger partial charge in [0.25, 0.3) is 0 Å². The predicted octanol–water partition coefficient (Wildman–Crippen LogP) is -2.03. The van der Waals surface area contributed by atoms with Gasteiger partial charge >= 0.3 is 17.9 Å². The zero-order valence-corrected chi connectivity index (χ0v) is 23.1. The zero-order chi connectivity index (χ0) is 32.1. The van der Waals surface area contributed by atoms with Gasteiger partial charge in [-0.3, -0.25) is 29.0 Å². The summed E-state index contributed by atoms with van der Waals surface area (Å²) in [5, 5.41) is 35.5. The van der Waals surface area contributed by atoms with Crippen molar-refractivity contribution in [3.05, 3.63) is 36.0 Å². The van der Waals surface area contributed by atoms with Gasteiger partial charge in [0.15, 0.2) is 5.96 Å². The van der Waals surface area contributed by atoms with Crippen LogP contribution in [0.1, 0.15) is 37.7 Å². The summed E-state index contributed by atoms with van der Waals surface area (Å²) in [6.07, 6.45) is 0.0621. The van der Waals surface area contributed by atoms with Crippen LogP contribution in [0.15, 0.2) is 35.5 Å². The van der Waals surface area contributed by atoms with E-state index < -0.39 is 72.6 Å². The van der Waals surface area contributed by atoms with Gasteiger partial charge in [0, 0.05) is 36.5 Å². The highest BCUT2D eigenvalue weighted by Gasteiger charge is 2.32. The monoisotopic (exact) mass is 604 g/mol. The lowest BCUT2D eigenvalue weighted by Crippen LogP contribution is -2.58. The summed E-state index contributed by atoms with van der Waals surface area (Å²) in [5.74, 6) is -7.11. The maximum Gasteiger partial charge on any atom is 0.326 e. The van der Waals surface area contributed by atoms with Crippen molar-refractivity contribution in [3.63, 3.8) is 0 Å². The minimum Gasteiger partial charge on any atom is -0.481 e. The molecule has 0 aliphatic heterocycles. The molecule has 0 bridgehead atoms. The normalized spacial score (nSPS) is 13.6. The smallest absolute Gasteiger partial charge is 0.326 e. The number of guanidine groups is 1. The SMILES string of the molecule is NC(N)=NCCCC(NC(=O)C(CC(=O)O)NC(=O)C(Cc1c[nH]c2ccccc12)NC(=O)C(N)CCC(=O)O)C(=O)O. The molecule has 0 aliphatic rings. The number of fused-ring (bicyclic) bond motifs is 1. The number of rotatable bonds is 18. The lowest BCUT2D eigenvalue weighted by Gasteiger charge is -2.24. The molecular formula is C26H36N8O9. The van der Waals surface area contributed by atoms with Gasteiger partial charge in [0.1, 0.15) is 18.1 Å². The van der Waals surface area contributed by atoms with E-state index in [1.165, 1.54) is 0 Å². The highest BCUT2D eigenvalue weighted by Crippen LogP contribution is 2.19. The summed E-state index contributed by atoms with van der Waals surface area (Å²) in [6.45, 7) is 0.0844. The number of carbonyl (C=O) groups excluding carboxylic acids is 3. The third kappa shape index (κ3) is 11.3. The molecule has 3 amide bonds. The molecule has 0 saturated heterocycles. The van der Waals surface area contributed by atoms with E-state index in [4.69, 9.17) is 22.3 Å². The van der Waals surface area contributed by atoms with E-state index in [0.717, 1.165) is 10.9 Å². The Hall–Kier alpha value is -5.19. The predicted molar refractivity (Wildman–Crippen MR) is 152 cm³/mol. The fourth-order valence-electron chi connectivity index (χ4n) is 4.11. The van der Waals surface area contributed by atoms with Crippen molar-refractivity contribution in [1.29, 1.82) is 0 Å². The van der Waals surface area contributed by atoms with Gasteiger partial charge in [-0.05, 0) is 30.9 Å². The molecule has 17 nitrogen and oxygen atoms in total. The number of aromatic nitrogens is 1. The molecule has 17 heteroatoms. The van der Waals surface area contributed by atoms with Crippen molar-refractivity contribution in [1.82, 2.24) is 20.9 Å². The van der Waals surface area contributed by atoms with Crippen LogP contribution in [-0.2, 0) is 35.2 Å². The quantitative estimate of drug-likeness (QED) is 0.0500. The number of carbonyl (C=O) groups is 6. The number of H-pyrrole nitrogens is 1. The molecule has 0 fully saturated rings. The number of carboxylic acids is 3. The number of aromatic amines is 1. The van der Waals surface area contributed by atoms with Crippen LogP contribution in [0, 0.1) is 0 Å². The van der Waals surface area contributed by atoms with E-state index in [-0.39, 0.29) is 38.2 Å². The van der Waals surface area contributed by atoms with Crippen molar-refractivity contribution in [2.75, 3.05) is 6.54 Å². The number of aliphatic imine (C=N–C) groups is 1. The average Bonchev–Trinajstić information content (AvgIpc) is 3.34. The lowest BCUT2D eigenvalue weighted by molar-refractivity contribution is -0.144. The van der Waals surface area contributed by atoms with E-state index in [1.807, 2.05) is 0 Å². The van der Waals surface area contributed by atoms with E-state index in [0.29, 0.717) is 5.56 Å². The van der Waals surface area contributed by atoms with Crippen LogP contribution < -0.4 is 33.2 Å². The zero-order valence-electron chi connectivity index (χ0n) is 23.1. The van der Waals surface area contributed by atoms with E-state index in [1.54, 1.807) is 30.5 Å². The first-order chi connectivity index (χ1) is 20.3. The molecule has 1 aromatic carbocycles. The first-order valence-corrected chi connectivity index (χ1v) is 13.2.